The number of thiazole rings is 1. The van der Waals surface area contributed by atoms with Crippen LogP contribution in [0.15, 0.2) is 16.5 Å². The third kappa shape index (κ3) is 2.62. The van der Waals surface area contributed by atoms with Gasteiger partial charge in [-0.2, -0.15) is 4.68 Å². The highest BCUT2D eigenvalue weighted by Gasteiger charge is 2.29. The van der Waals surface area contributed by atoms with Gasteiger partial charge in [-0.05, 0) is 19.3 Å². The normalized spacial score (nSPS) is 16.3. The summed E-state index contributed by atoms with van der Waals surface area (Å²) in [5.41, 5.74) is 6.05. The number of hydrogen-bond donors (Lipinski definition) is 1. The fourth-order valence-electron chi connectivity index (χ4n) is 2.54. The third-order valence-corrected chi connectivity index (χ3v) is 5.37. The molecule has 0 amide bonds. The summed E-state index contributed by atoms with van der Waals surface area (Å²) >= 11 is 1.37. The minimum Gasteiger partial charge on any atom is -0.382 e. The van der Waals surface area contributed by atoms with Gasteiger partial charge in [0.25, 0.3) is 0 Å². The molecule has 2 N–H and O–H groups in total. The Balaban J connectivity index is 2.16. The van der Waals surface area contributed by atoms with Crippen LogP contribution in [0.3, 0.4) is 0 Å². The fraction of sp³-hybridized carbons (Fsp3) is 0.500. The average molecular weight is 327 g/mol. The maximum absolute atomic E-state index is 12.1. The number of hydrogen-bond acceptors (Lipinski definition) is 7. The van der Waals surface area contributed by atoms with Crippen LogP contribution in [0.1, 0.15) is 19.3 Å². The lowest BCUT2D eigenvalue weighted by Gasteiger charge is -2.27. The second-order valence-electron chi connectivity index (χ2n) is 5.08. The van der Waals surface area contributed by atoms with Gasteiger partial charge in [0, 0.05) is 30.9 Å². The van der Waals surface area contributed by atoms with E-state index in [0.29, 0.717) is 10.9 Å². The molecule has 1 saturated heterocycles. The highest BCUT2D eigenvalue weighted by Crippen LogP contribution is 2.33. The first-order valence-electron chi connectivity index (χ1n) is 6.72. The summed E-state index contributed by atoms with van der Waals surface area (Å²) in [7, 11) is -3.46. The molecule has 114 valence electrons. The van der Waals surface area contributed by atoms with Crippen LogP contribution < -0.4 is 10.6 Å². The molecular weight excluding hydrogens is 310 g/mol. The molecule has 21 heavy (non-hydrogen) atoms. The van der Waals surface area contributed by atoms with E-state index >= 15 is 0 Å². The molecule has 2 aromatic heterocycles. The Morgan fingerprint density at radius 2 is 2.00 bits per heavy atom. The van der Waals surface area contributed by atoms with Gasteiger partial charge in [-0.3, -0.25) is 0 Å². The van der Waals surface area contributed by atoms with Crippen LogP contribution in [0.2, 0.25) is 0 Å². The number of aromatic nitrogens is 3. The molecule has 0 saturated carbocycles. The molecule has 2 aromatic rings. The van der Waals surface area contributed by atoms with E-state index in [1.807, 2.05) is 4.90 Å². The molecule has 1 aliphatic heterocycles. The van der Waals surface area contributed by atoms with Crippen molar-refractivity contribution in [3.8, 4) is 5.13 Å². The Hall–Kier alpha value is -1.61. The van der Waals surface area contributed by atoms with Crippen LogP contribution in [-0.2, 0) is 9.84 Å². The molecule has 0 bridgehead atoms. The third-order valence-electron chi connectivity index (χ3n) is 3.49. The van der Waals surface area contributed by atoms with Crippen LogP contribution in [0.5, 0.6) is 0 Å². The minimum absolute atomic E-state index is 0.111. The number of nitrogens with two attached hydrogens (primary N) is 1. The van der Waals surface area contributed by atoms with Gasteiger partial charge in [-0.15, -0.1) is 16.4 Å². The summed E-state index contributed by atoms with van der Waals surface area (Å²) in [6.45, 7) is 1.60. The van der Waals surface area contributed by atoms with Crippen molar-refractivity contribution in [2.75, 3.05) is 30.0 Å². The van der Waals surface area contributed by atoms with E-state index in [4.69, 9.17) is 5.73 Å². The number of sulfone groups is 1. The van der Waals surface area contributed by atoms with Gasteiger partial charge in [0.1, 0.15) is 0 Å². The molecule has 3 rings (SSSR count). The lowest BCUT2D eigenvalue weighted by Crippen LogP contribution is -2.30. The van der Waals surface area contributed by atoms with Crippen LogP contribution in [0, 0.1) is 0 Å². The van der Waals surface area contributed by atoms with Crippen molar-refractivity contribution in [3.63, 3.8) is 0 Å². The largest absolute Gasteiger partial charge is 0.382 e. The van der Waals surface area contributed by atoms with Crippen molar-refractivity contribution in [2.24, 2.45) is 0 Å². The molecule has 1 fully saturated rings. The highest BCUT2D eigenvalue weighted by atomic mass is 32.2. The lowest BCUT2D eigenvalue weighted by molar-refractivity contribution is 0.566. The van der Waals surface area contributed by atoms with Crippen LogP contribution >= 0.6 is 11.3 Å². The van der Waals surface area contributed by atoms with Crippen LogP contribution in [-0.4, -0.2) is 42.5 Å². The molecular formula is C12H17N5O2S2. The Morgan fingerprint density at radius 3 is 2.57 bits per heavy atom. The van der Waals surface area contributed by atoms with Gasteiger partial charge in [0.15, 0.2) is 26.4 Å². The molecule has 0 radical (unpaired) electrons. The van der Waals surface area contributed by atoms with Crippen molar-refractivity contribution >= 4 is 32.8 Å². The molecule has 1 aliphatic rings. The smallest absolute Gasteiger partial charge is 0.212 e. The fourth-order valence-corrected chi connectivity index (χ4v) is 4.11. The van der Waals surface area contributed by atoms with Gasteiger partial charge >= 0.3 is 0 Å². The predicted octanol–water partition coefficient (Wildman–Crippen LogP) is 1.30. The van der Waals surface area contributed by atoms with E-state index in [0.717, 1.165) is 32.4 Å². The van der Waals surface area contributed by atoms with Gasteiger partial charge in [0.2, 0.25) is 5.13 Å². The van der Waals surface area contributed by atoms with Crippen molar-refractivity contribution in [1.29, 1.82) is 0 Å². The maximum atomic E-state index is 12.1. The monoisotopic (exact) mass is 327 g/mol. The number of piperidine rings is 1. The first-order valence-corrected chi connectivity index (χ1v) is 9.49. The minimum atomic E-state index is -3.46. The van der Waals surface area contributed by atoms with Crippen LogP contribution in [0.4, 0.5) is 11.6 Å². The topological polar surface area (TPSA) is 94.1 Å². The highest BCUT2D eigenvalue weighted by molar-refractivity contribution is 7.91. The molecule has 7 nitrogen and oxygen atoms in total. The number of nitrogen functional groups attached to an aromatic ring is 1. The summed E-state index contributed by atoms with van der Waals surface area (Å²) < 4.78 is 25.7. The van der Waals surface area contributed by atoms with Gasteiger partial charge in [0.05, 0.1) is 0 Å². The Morgan fingerprint density at radius 1 is 1.29 bits per heavy atom. The van der Waals surface area contributed by atoms with Crippen LogP contribution in [0.25, 0.3) is 5.13 Å². The van der Waals surface area contributed by atoms with E-state index in [1.54, 1.807) is 11.6 Å². The predicted molar refractivity (Wildman–Crippen MR) is 82.8 cm³/mol. The van der Waals surface area contributed by atoms with E-state index in [1.165, 1.54) is 22.3 Å². The number of anilines is 2. The maximum Gasteiger partial charge on any atom is 0.212 e. The summed E-state index contributed by atoms with van der Waals surface area (Å²) in [5.74, 6) is 0.581. The molecule has 0 atom stereocenters. The standard InChI is InChI=1S/C12H17N5O2S2/c1-21(18,19)9-10(13)17(12-14-5-8-20-12)15-11(9)16-6-3-2-4-7-16/h5,8H,2-4,6-7,13H2,1H3. The van der Waals surface area contributed by atoms with E-state index in [9.17, 15) is 8.42 Å². The Bertz CT molecular complexity index is 730. The van der Waals surface area contributed by atoms with E-state index in [2.05, 4.69) is 10.1 Å². The SMILES string of the molecule is CS(=O)(=O)c1c(N2CCCCC2)nn(-c2nccs2)c1N. The molecule has 0 unspecified atom stereocenters. The molecule has 3 heterocycles. The Labute approximate surface area is 127 Å². The van der Waals surface area contributed by atoms with Gasteiger partial charge < -0.3 is 10.6 Å². The molecule has 0 aromatic carbocycles. The lowest BCUT2D eigenvalue weighted by atomic mass is 10.1. The molecule has 0 aliphatic carbocycles. The zero-order valence-corrected chi connectivity index (χ0v) is 13.3. The summed E-state index contributed by atoms with van der Waals surface area (Å²) in [6.07, 6.45) is 6.04. The van der Waals surface area contributed by atoms with Crippen molar-refractivity contribution in [1.82, 2.24) is 14.8 Å². The van der Waals surface area contributed by atoms with Crippen molar-refractivity contribution in [3.05, 3.63) is 11.6 Å². The first-order chi connectivity index (χ1) is 9.98. The molecule has 9 heteroatoms. The summed E-state index contributed by atoms with van der Waals surface area (Å²) in [4.78, 5) is 6.27. The average Bonchev–Trinajstić information content (AvgIpc) is 3.06. The Kier molecular flexibility index (Phi) is 3.62. The first kappa shape index (κ1) is 14.3. The number of rotatable bonds is 3. The van der Waals surface area contributed by atoms with Gasteiger partial charge in [-0.1, -0.05) is 0 Å². The zero-order chi connectivity index (χ0) is 15.0. The number of nitrogens with zero attached hydrogens (tertiary/aromatic N) is 4. The quantitative estimate of drug-likeness (QED) is 0.913. The van der Waals surface area contributed by atoms with Crippen molar-refractivity contribution < 1.29 is 8.42 Å². The zero-order valence-electron chi connectivity index (χ0n) is 11.7. The van der Waals surface area contributed by atoms with E-state index < -0.39 is 9.84 Å². The van der Waals surface area contributed by atoms with E-state index in [-0.39, 0.29) is 10.7 Å². The molecule has 0 spiro atoms. The summed E-state index contributed by atoms with van der Waals surface area (Å²) in [6, 6.07) is 0. The second-order valence-corrected chi connectivity index (χ2v) is 7.91. The summed E-state index contributed by atoms with van der Waals surface area (Å²) in [5, 5.41) is 6.80. The second kappa shape index (κ2) is 5.30. The van der Waals surface area contributed by atoms with Gasteiger partial charge in [-0.25, -0.2) is 13.4 Å². The van der Waals surface area contributed by atoms with Crippen molar-refractivity contribution in [2.45, 2.75) is 24.2 Å².